The molecular formula is C24H21FN2O2. The molecule has 0 aliphatic carbocycles. The van der Waals surface area contributed by atoms with E-state index in [2.05, 4.69) is 5.10 Å². The maximum atomic E-state index is 13.5. The zero-order valence-corrected chi connectivity index (χ0v) is 16.3. The first-order chi connectivity index (χ1) is 13.9. The van der Waals surface area contributed by atoms with Gasteiger partial charge in [0, 0.05) is 10.9 Å². The van der Waals surface area contributed by atoms with Crippen molar-refractivity contribution in [2.24, 2.45) is 0 Å². The summed E-state index contributed by atoms with van der Waals surface area (Å²) >= 11 is 0. The maximum absolute atomic E-state index is 13.5. The molecule has 4 rings (SSSR count). The Hall–Kier alpha value is -3.31. The molecule has 0 aliphatic rings. The van der Waals surface area contributed by atoms with Crippen molar-refractivity contribution in [2.75, 3.05) is 0 Å². The van der Waals surface area contributed by atoms with E-state index in [0.717, 1.165) is 22.1 Å². The monoisotopic (exact) mass is 388 g/mol. The SMILES string of the molecule is Cc1ccc(C)c(-c2nn(CC(O)c3cccc(F)c3)c(=O)c3ccccc23)c1. The number of nitrogens with zero attached hydrogens (tertiary/aromatic N) is 2. The normalized spacial score (nSPS) is 12.3. The van der Waals surface area contributed by atoms with E-state index in [1.807, 2.05) is 50.2 Å². The number of aromatic nitrogens is 2. The molecule has 4 nitrogen and oxygen atoms in total. The second kappa shape index (κ2) is 7.60. The molecule has 29 heavy (non-hydrogen) atoms. The third-order valence-corrected chi connectivity index (χ3v) is 5.10. The van der Waals surface area contributed by atoms with Crippen LogP contribution in [-0.4, -0.2) is 14.9 Å². The first-order valence-corrected chi connectivity index (χ1v) is 9.45. The quantitative estimate of drug-likeness (QED) is 0.558. The average molecular weight is 388 g/mol. The van der Waals surface area contributed by atoms with E-state index in [-0.39, 0.29) is 12.1 Å². The Morgan fingerprint density at radius 3 is 2.52 bits per heavy atom. The van der Waals surface area contributed by atoms with E-state index in [9.17, 15) is 14.3 Å². The summed E-state index contributed by atoms with van der Waals surface area (Å²) in [6.45, 7) is 3.95. The topological polar surface area (TPSA) is 55.1 Å². The fourth-order valence-electron chi connectivity index (χ4n) is 3.53. The number of hydrogen-bond acceptors (Lipinski definition) is 3. The van der Waals surface area contributed by atoms with Crippen LogP contribution in [0.1, 0.15) is 22.8 Å². The van der Waals surface area contributed by atoms with E-state index >= 15 is 0 Å². The third-order valence-electron chi connectivity index (χ3n) is 5.10. The molecule has 0 aliphatic heterocycles. The molecule has 3 aromatic carbocycles. The van der Waals surface area contributed by atoms with Crippen LogP contribution in [0.25, 0.3) is 22.0 Å². The summed E-state index contributed by atoms with van der Waals surface area (Å²) in [7, 11) is 0. The molecule has 146 valence electrons. The summed E-state index contributed by atoms with van der Waals surface area (Å²) < 4.78 is 14.8. The number of hydrogen-bond donors (Lipinski definition) is 1. The fourth-order valence-corrected chi connectivity index (χ4v) is 3.53. The summed E-state index contributed by atoms with van der Waals surface area (Å²) in [5.41, 5.74) is 3.88. The van der Waals surface area contributed by atoms with Gasteiger partial charge in [0.25, 0.3) is 5.56 Å². The van der Waals surface area contributed by atoms with Crippen LogP contribution >= 0.6 is 0 Å². The van der Waals surface area contributed by atoms with Crippen molar-refractivity contribution in [2.45, 2.75) is 26.5 Å². The van der Waals surface area contributed by atoms with Gasteiger partial charge in [-0.1, -0.05) is 48.0 Å². The Morgan fingerprint density at radius 1 is 1.00 bits per heavy atom. The zero-order valence-electron chi connectivity index (χ0n) is 16.3. The van der Waals surface area contributed by atoms with Gasteiger partial charge in [-0.15, -0.1) is 0 Å². The molecule has 1 aromatic heterocycles. The highest BCUT2D eigenvalue weighted by atomic mass is 19.1. The summed E-state index contributed by atoms with van der Waals surface area (Å²) in [4.78, 5) is 13.0. The van der Waals surface area contributed by atoms with Crippen molar-refractivity contribution in [3.63, 3.8) is 0 Å². The molecule has 0 bridgehead atoms. The van der Waals surface area contributed by atoms with Gasteiger partial charge in [0.05, 0.1) is 23.7 Å². The van der Waals surface area contributed by atoms with Crippen LogP contribution in [-0.2, 0) is 6.54 Å². The first kappa shape index (κ1) is 19.0. The van der Waals surface area contributed by atoms with Crippen LogP contribution in [0.4, 0.5) is 4.39 Å². The van der Waals surface area contributed by atoms with Crippen molar-refractivity contribution in [3.8, 4) is 11.3 Å². The van der Waals surface area contributed by atoms with Gasteiger partial charge in [-0.25, -0.2) is 9.07 Å². The van der Waals surface area contributed by atoms with Crippen LogP contribution in [0.5, 0.6) is 0 Å². The first-order valence-electron chi connectivity index (χ1n) is 9.45. The molecule has 5 heteroatoms. The van der Waals surface area contributed by atoms with Crippen LogP contribution in [0.2, 0.25) is 0 Å². The molecule has 1 atom stereocenters. The molecule has 1 heterocycles. The van der Waals surface area contributed by atoms with E-state index in [0.29, 0.717) is 16.6 Å². The molecule has 0 fully saturated rings. The molecule has 0 radical (unpaired) electrons. The lowest BCUT2D eigenvalue weighted by Gasteiger charge is -2.16. The van der Waals surface area contributed by atoms with Crippen LogP contribution < -0.4 is 5.56 Å². The number of aryl methyl sites for hydroxylation is 2. The Morgan fingerprint density at radius 2 is 1.76 bits per heavy atom. The Bertz CT molecular complexity index is 1260. The molecule has 1 unspecified atom stereocenters. The standard InChI is InChI=1S/C24H21FN2O2/c1-15-10-11-16(2)21(12-15)23-19-8-3-4-9-20(19)24(29)27(26-23)14-22(28)17-6-5-7-18(25)13-17/h3-13,22,28H,14H2,1-2H3. The fraction of sp³-hybridized carbons (Fsp3) is 0.167. The van der Waals surface area contributed by atoms with Gasteiger partial charge in [0.2, 0.25) is 0 Å². The van der Waals surface area contributed by atoms with Gasteiger partial charge < -0.3 is 5.11 Å². The van der Waals surface area contributed by atoms with Gasteiger partial charge in [-0.2, -0.15) is 5.10 Å². The minimum Gasteiger partial charge on any atom is -0.386 e. The zero-order chi connectivity index (χ0) is 20.5. The van der Waals surface area contributed by atoms with Crippen molar-refractivity contribution < 1.29 is 9.50 Å². The highest BCUT2D eigenvalue weighted by Gasteiger charge is 2.17. The van der Waals surface area contributed by atoms with Crippen molar-refractivity contribution >= 4 is 10.8 Å². The smallest absolute Gasteiger partial charge is 0.274 e. The predicted octanol–water partition coefficient (Wildman–Crippen LogP) is 4.55. The van der Waals surface area contributed by atoms with E-state index in [1.54, 1.807) is 12.1 Å². The van der Waals surface area contributed by atoms with Gasteiger partial charge in [-0.05, 0) is 49.2 Å². The third kappa shape index (κ3) is 3.69. The van der Waals surface area contributed by atoms with Gasteiger partial charge >= 0.3 is 0 Å². The van der Waals surface area contributed by atoms with Gasteiger partial charge in [0.1, 0.15) is 5.82 Å². The minimum absolute atomic E-state index is 0.0645. The lowest BCUT2D eigenvalue weighted by molar-refractivity contribution is 0.149. The van der Waals surface area contributed by atoms with Gasteiger partial charge in [0.15, 0.2) is 0 Å². The highest BCUT2D eigenvalue weighted by Crippen LogP contribution is 2.28. The minimum atomic E-state index is -1.05. The van der Waals surface area contributed by atoms with Crippen molar-refractivity contribution in [3.05, 3.63) is 99.6 Å². The second-order valence-electron chi connectivity index (χ2n) is 7.27. The Balaban J connectivity index is 1.88. The number of rotatable bonds is 4. The molecule has 0 amide bonds. The molecule has 0 saturated heterocycles. The predicted molar refractivity (Wildman–Crippen MR) is 112 cm³/mol. The molecule has 0 saturated carbocycles. The van der Waals surface area contributed by atoms with Crippen LogP contribution in [0, 0.1) is 19.7 Å². The number of aliphatic hydroxyl groups is 1. The summed E-state index contributed by atoms with van der Waals surface area (Å²) in [5, 5.41) is 16.5. The number of benzene rings is 3. The molecule has 4 aromatic rings. The van der Waals surface area contributed by atoms with Crippen molar-refractivity contribution in [1.29, 1.82) is 0 Å². The number of fused-ring (bicyclic) bond motifs is 1. The van der Waals surface area contributed by atoms with E-state index in [1.165, 1.54) is 22.9 Å². The Labute approximate surface area is 167 Å². The maximum Gasteiger partial charge on any atom is 0.274 e. The summed E-state index contributed by atoms with van der Waals surface area (Å²) in [6.07, 6.45) is -1.05. The van der Waals surface area contributed by atoms with Crippen molar-refractivity contribution in [1.82, 2.24) is 9.78 Å². The largest absolute Gasteiger partial charge is 0.386 e. The lowest BCUT2D eigenvalue weighted by atomic mass is 9.99. The number of halogens is 1. The van der Waals surface area contributed by atoms with Crippen LogP contribution in [0.3, 0.4) is 0 Å². The Kier molecular flexibility index (Phi) is 4.99. The summed E-state index contributed by atoms with van der Waals surface area (Å²) in [6, 6.07) is 19.2. The van der Waals surface area contributed by atoms with E-state index in [4.69, 9.17) is 0 Å². The van der Waals surface area contributed by atoms with Crippen LogP contribution in [0.15, 0.2) is 71.5 Å². The van der Waals surface area contributed by atoms with E-state index < -0.39 is 11.9 Å². The average Bonchev–Trinajstić information content (AvgIpc) is 2.72. The highest BCUT2D eigenvalue weighted by molar-refractivity contribution is 5.94. The summed E-state index contributed by atoms with van der Waals surface area (Å²) in [5.74, 6) is -0.434. The molecular weight excluding hydrogens is 367 g/mol. The second-order valence-corrected chi connectivity index (χ2v) is 7.27. The number of aliphatic hydroxyl groups excluding tert-OH is 1. The van der Waals surface area contributed by atoms with Gasteiger partial charge in [-0.3, -0.25) is 4.79 Å². The molecule has 0 spiro atoms. The lowest BCUT2D eigenvalue weighted by Crippen LogP contribution is -2.26. The molecule has 1 N–H and O–H groups in total.